The van der Waals surface area contributed by atoms with Crippen LogP contribution in [0.5, 0.6) is 0 Å². The summed E-state index contributed by atoms with van der Waals surface area (Å²) in [6.45, 7) is 2.03. The van der Waals surface area contributed by atoms with Crippen molar-refractivity contribution in [3.05, 3.63) is 35.9 Å². The Bertz CT molecular complexity index is 402. The Morgan fingerprint density at radius 3 is 2.60 bits per heavy atom. The summed E-state index contributed by atoms with van der Waals surface area (Å²) < 4.78 is 5.36. The summed E-state index contributed by atoms with van der Waals surface area (Å²) in [6.07, 6.45) is 4.52. The van der Waals surface area contributed by atoms with Gasteiger partial charge in [0, 0.05) is 18.4 Å². The van der Waals surface area contributed by atoms with E-state index in [4.69, 9.17) is 4.74 Å². The van der Waals surface area contributed by atoms with Crippen LogP contribution in [0.25, 0.3) is 0 Å². The molecule has 0 saturated carbocycles. The molecule has 1 aliphatic heterocycles. The first-order valence-electron chi connectivity index (χ1n) is 7.31. The van der Waals surface area contributed by atoms with Gasteiger partial charge in [-0.3, -0.25) is 0 Å². The van der Waals surface area contributed by atoms with Gasteiger partial charge in [-0.2, -0.15) is 0 Å². The maximum absolute atomic E-state index is 12.0. The first-order chi connectivity index (χ1) is 9.79. The number of halogens is 1. The first-order valence-corrected chi connectivity index (χ1v) is 8.43. The summed E-state index contributed by atoms with van der Waals surface area (Å²) in [5.74, 6) is 0.769. The Balaban J connectivity index is 1.69. The van der Waals surface area contributed by atoms with E-state index in [-0.39, 0.29) is 6.09 Å². The van der Waals surface area contributed by atoms with E-state index in [2.05, 4.69) is 15.9 Å². The fourth-order valence-corrected chi connectivity index (χ4v) is 2.90. The molecule has 20 heavy (non-hydrogen) atoms. The van der Waals surface area contributed by atoms with Crippen molar-refractivity contribution >= 4 is 22.0 Å². The summed E-state index contributed by atoms with van der Waals surface area (Å²) in [7, 11) is 0. The molecule has 0 aromatic heterocycles. The summed E-state index contributed by atoms with van der Waals surface area (Å²) in [5.41, 5.74) is 1.04. The maximum atomic E-state index is 12.0. The van der Waals surface area contributed by atoms with E-state index in [1.165, 1.54) is 12.8 Å². The number of alkyl halides is 1. The Kier molecular flexibility index (Phi) is 6.37. The molecule has 0 radical (unpaired) electrons. The topological polar surface area (TPSA) is 29.5 Å². The highest BCUT2D eigenvalue weighted by Gasteiger charge is 2.23. The minimum atomic E-state index is -0.173. The van der Waals surface area contributed by atoms with Gasteiger partial charge in [-0.05, 0) is 37.2 Å². The number of likely N-dealkylation sites (tertiary alicyclic amines) is 1. The van der Waals surface area contributed by atoms with Gasteiger partial charge in [-0.1, -0.05) is 46.3 Å². The molecule has 2 rings (SSSR count). The third-order valence-corrected chi connectivity index (χ3v) is 4.38. The molecular weight excluding hydrogens is 318 g/mol. The Morgan fingerprint density at radius 2 is 1.95 bits per heavy atom. The predicted molar refractivity (Wildman–Crippen MR) is 84.0 cm³/mol. The second-order valence-electron chi connectivity index (χ2n) is 5.30. The SMILES string of the molecule is O=C(OCc1ccccc1)N1CCC(CCCBr)CC1. The van der Waals surface area contributed by atoms with Crippen LogP contribution >= 0.6 is 15.9 Å². The van der Waals surface area contributed by atoms with Gasteiger partial charge in [0.05, 0.1) is 0 Å². The van der Waals surface area contributed by atoms with Crippen molar-refractivity contribution in [2.75, 3.05) is 18.4 Å². The van der Waals surface area contributed by atoms with Crippen molar-refractivity contribution in [2.45, 2.75) is 32.3 Å². The number of hydrogen-bond donors (Lipinski definition) is 0. The van der Waals surface area contributed by atoms with E-state index in [9.17, 15) is 4.79 Å². The lowest BCUT2D eigenvalue weighted by atomic mass is 9.93. The van der Waals surface area contributed by atoms with E-state index in [0.717, 1.165) is 42.7 Å². The van der Waals surface area contributed by atoms with Crippen molar-refractivity contribution in [1.82, 2.24) is 4.90 Å². The molecule has 1 aromatic rings. The van der Waals surface area contributed by atoms with Crippen molar-refractivity contribution in [3.8, 4) is 0 Å². The molecule has 1 saturated heterocycles. The zero-order valence-corrected chi connectivity index (χ0v) is 13.3. The van der Waals surface area contributed by atoms with Gasteiger partial charge < -0.3 is 9.64 Å². The predicted octanol–water partition coefficient (Wildman–Crippen LogP) is 4.21. The molecule has 1 amide bonds. The third-order valence-electron chi connectivity index (χ3n) is 3.82. The molecule has 1 aliphatic rings. The van der Waals surface area contributed by atoms with Crippen LogP contribution in [0.1, 0.15) is 31.2 Å². The molecule has 0 bridgehead atoms. The molecule has 3 nitrogen and oxygen atoms in total. The lowest BCUT2D eigenvalue weighted by Gasteiger charge is -2.31. The van der Waals surface area contributed by atoms with E-state index in [1.54, 1.807) is 0 Å². The van der Waals surface area contributed by atoms with Crippen LogP contribution in [0.2, 0.25) is 0 Å². The van der Waals surface area contributed by atoms with Gasteiger partial charge in [0.25, 0.3) is 0 Å². The summed E-state index contributed by atoms with van der Waals surface area (Å²) >= 11 is 3.47. The average molecular weight is 340 g/mol. The summed E-state index contributed by atoms with van der Waals surface area (Å²) in [4.78, 5) is 13.8. The second kappa shape index (κ2) is 8.30. The smallest absolute Gasteiger partial charge is 0.410 e. The van der Waals surface area contributed by atoms with Crippen molar-refractivity contribution < 1.29 is 9.53 Å². The second-order valence-corrected chi connectivity index (χ2v) is 6.09. The number of rotatable bonds is 5. The number of hydrogen-bond acceptors (Lipinski definition) is 2. The fraction of sp³-hybridized carbons (Fsp3) is 0.562. The van der Waals surface area contributed by atoms with Crippen LogP contribution < -0.4 is 0 Å². The molecule has 4 heteroatoms. The maximum Gasteiger partial charge on any atom is 0.410 e. The van der Waals surface area contributed by atoms with Crippen molar-refractivity contribution in [1.29, 1.82) is 0 Å². The van der Waals surface area contributed by atoms with E-state index in [1.807, 2.05) is 35.2 Å². The molecular formula is C16H22BrNO2. The Labute approximate surface area is 129 Å². The van der Waals surface area contributed by atoms with Crippen LogP contribution in [0.3, 0.4) is 0 Å². The number of carbonyl (C=O) groups excluding carboxylic acids is 1. The Hall–Kier alpha value is -1.03. The quantitative estimate of drug-likeness (QED) is 0.752. The van der Waals surface area contributed by atoms with Gasteiger partial charge in [-0.15, -0.1) is 0 Å². The number of piperidine rings is 1. The lowest BCUT2D eigenvalue weighted by Crippen LogP contribution is -2.38. The first kappa shape index (κ1) is 15.4. The van der Waals surface area contributed by atoms with Crippen LogP contribution in [0.4, 0.5) is 4.79 Å². The van der Waals surface area contributed by atoms with Gasteiger partial charge in [0.15, 0.2) is 0 Å². The highest BCUT2D eigenvalue weighted by molar-refractivity contribution is 9.09. The number of carbonyl (C=O) groups is 1. The molecule has 0 unspecified atom stereocenters. The summed E-state index contributed by atoms with van der Waals surface area (Å²) in [5, 5.41) is 1.08. The molecule has 1 heterocycles. The number of benzene rings is 1. The third kappa shape index (κ3) is 4.82. The zero-order chi connectivity index (χ0) is 14.2. The van der Waals surface area contributed by atoms with Gasteiger partial charge in [0.1, 0.15) is 6.61 Å². The largest absolute Gasteiger partial charge is 0.445 e. The minimum Gasteiger partial charge on any atom is -0.445 e. The highest BCUT2D eigenvalue weighted by Crippen LogP contribution is 2.22. The molecule has 0 aliphatic carbocycles. The molecule has 1 fully saturated rings. The summed E-state index contributed by atoms with van der Waals surface area (Å²) in [6, 6.07) is 9.82. The van der Waals surface area contributed by atoms with Gasteiger partial charge in [0.2, 0.25) is 0 Å². The number of amides is 1. The Morgan fingerprint density at radius 1 is 1.25 bits per heavy atom. The van der Waals surface area contributed by atoms with Gasteiger partial charge in [-0.25, -0.2) is 4.79 Å². The molecule has 0 spiro atoms. The average Bonchev–Trinajstić information content (AvgIpc) is 2.52. The molecule has 110 valence electrons. The van der Waals surface area contributed by atoms with Crippen LogP contribution in [0.15, 0.2) is 30.3 Å². The highest BCUT2D eigenvalue weighted by atomic mass is 79.9. The number of nitrogens with zero attached hydrogens (tertiary/aromatic N) is 1. The van der Waals surface area contributed by atoms with Crippen molar-refractivity contribution in [2.24, 2.45) is 5.92 Å². The molecule has 0 N–H and O–H groups in total. The monoisotopic (exact) mass is 339 g/mol. The van der Waals surface area contributed by atoms with E-state index in [0.29, 0.717) is 6.61 Å². The molecule has 1 aromatic carbocycles. The van der Waals surface area contributed by atoms with E-state index >= 15 is 0 Å². The zero-order valence-electron chi connectivity index (χ0n) is 11.8. The van der Waals surface area contributed by atoms with Crippen molar-refractivity contribution in [3.63, 3.8) is 0 Å². The minimum absolute atomic E-state index is 0.173. The van der Waals surface area contributed by atoms with Crippen LogP contribution in [-0.2, 0) is 11.3 Å². The normalized spacial score (nSPS) is 16.1. The van der Waals surface area contributed by atoms with Crippen LogP contribution in [-0.4, -0.2) is 29.4 Å². The van der Waals surface area contributed by atoms with Gasteiger partial charge >= 0.3 is 6.09 Å². The van der Waals surface area contributed by atoms with Crippen LogP contribution in [0, 0.1) is 5.92 Å². The lowest BCUT2D eigenvalue weighted by molar-refractivity contribution is 0.0815. The number of ether oxygens (including phenoxy) is 1. The fourth-order valence-electron chi connectivity index (χ4n) is 2.58. The standard InChI is InChI=1S/C16H22BrNO2/c17-10-4-7-14-8-11-18(12-9-14)16(19)20-13-15-5-2-1-3-6-15/h1-3,5-6,14H,4,7-13H2. The van der Waals surface area contributed by atoms with E-state index < -0.39 is 0 Å². The molecule has 0 atom stereocenters.